The normalized spacial score (nSPS) is 18.6. The standard InChI is InChI=1S/C21H30N6O3/c1-21(2,3)30-20(29)22-11-13-7-8-27-17(9-13)15(12-23-27)19(28)24-18-10-16(14-5-6-14)26(4)25-18/h10,12-14H,5-9,11H2,1-4H3,(H,22,29)(H,24,25,28). The van der Waals surface area contributed by atoms with Crippen LogP contribution in [0.25, 0.3) is 0 Å². The molecule has 9 nitrogen and oxygen atoms in total. The SMILES string of the molecule is Cn1nc(NC(=O)c2cnn3c2CC(CNC(=O)OC(C)(C)C)CC3)cc1C1CC1. The number of carbonyl (C=O) groups excluding carboxylic acids is 2. The molecule has 2 aliphatic rings. The number of nitrogens with zero attached hydrogens (tertiary/aromatic N) is 4. The first-order valence-corrected chi connectivity index (χ1v) is 10.6. The van der Waals surface area contributed by atoms with E-state index in [1.165, 1.54) is 12.8 Å². The third-order valence-corrected chi connectivity index (χ3v) is 5.51. The summed E-state index contributed by atoms with van der Waals surface area (Å²) in [7, 11) is 1.91. The van der Waals surface area contributed by atoms with Crippen LogP contribution in [-0.4, -0.2) is 43.7 Å². The van der Waals surface area contributed by atoms with Gasteiger partial charge in [0.1, 0.15) is 5.60 Å². The number of fused-ring (bicyclic) bond motifs is 1. The van der Waals surface area contributed by atoms with Crippen molar-refractivity contribution in [1.82, 2.24) is 24.9 Å². The largest absolute Gasteiger partial charge is 0.444 e. The molecule has 0 saturated heterocycles. The average molecular weight is 415 g/mol. The maximum atomic E-state index is 12.9. The van der Waals surface area contributed by atoms with Crippen LogP contribution in [0.1, 0.15) is 67.7 Å². The second-order valence-electron chi connectivity index (χ2n) is 9.28. The van der Waals surface area contributed by atoms with Crippen LogP contribution in [0.4, 0.5) is 10.6 Å². The zero-order valence-corrected chi connectivity index (χ0v) is 18.1. The highest BCUT2D eigenvalue weighted by Crippen LogP contribution is 2.40. The fourth-order valence-corrected chi connectivity index (χ4v) is 3.89. The Morgan fingerprint density at radius 2 is 2.03 bits per heavy atom. The Morgan fingerprint density at radius 3 is 2.73 bits per heavy atom. The van der Waals surface area contributed by atoms with Crippen LogP contribution in [0, 0.1) is 5.92 Å². The molecule has 3 heterocycles. The lowest BCUT2D eigenvalue weighted by atomic mass is 9.94. The van der Waals surface area contributed by atoms with Gasteiger partial charge < -0.3 is 15.4 Å². The van der Waals surface area contributed by atoms with Crippen LogP contribution < -0.4 is 10.6 Å². The van der Waals surface area contributed by atoms with E-state index in [1.807, 2.05) is 43.2 Å². The van der Waals surface area contributed by atoms with Crippen molar-refractivity contribution < 1.29 is 14.3 Å². The fourth-order valence-electron chi connectivity index (χ4n) is 3.89. The molecule has 1 fully saturated rings. The van der Waals surface area contributed by atoms with E-state index in [0.29, 0.717) is 30.3 Å². The van der Waals surface area contributed by atoms with E-state index in [1.54, 1.807) is 6.20 Å². The summed E-state index contributed by atoms with van der Waals surface area (Å²) in [5, 5.41) is 14.6. The summed E-state index contributed by atoms with van der Waals surface area (Å²) in [6.45, 7) is 6.74. The molecular weight excluding hydrogens is 384 g/mol. The molecule has 30 heavy (non-hydrogen) atoms. The molecule has 1 saturated carbocycles. The maximum absolute atomic E-state index is 12.9. The van der Waals surface area contributed by atoms with Crippen LogP contribution in [-0.2, 0) is 24.8 Å². The van der Waals surface area contributed by atoms with E-state index >= 15 is 0 Å². The smallest absolute Gasteiger partial charge is 0.407 e. The highest BCUT2D eigenvalue weighted by molar-refractivity contribution is 6.04. The number of hydrogen-bond acceptors (Lipinski definition) is 5. The zero-order chi connectivity index (χ0) is 21.5. The number of aryl methyl sites for hydroxylation is 2. The maximum Gasteiger partial charge on any atom is 0.407 e. The summed E-state index contributed by atoms with van der Waals surface area (Å²) in [5.74, 6) is 1.17. The number of alkyl carbamates (subject to hydrolysis) is 1. The molecule has 0 aromatic carbocycles. The summed E-state index contributed by atoms with van der Waals surface area (Å²) in [5.41, 5.74) is 2.10. The minimum absolute atomic E-state index is 0.197. The average Bonchev–Trinajstić information content (AvgIpc) is 3.30. The van der Waals surface area contributed by atoms with Crippen molar-refractivity contribution in [2.24, 2.45) is 13.0 Å². The van der Waals surface area contributed by atoms with Gasteiger partial charge in [-0.2, -0.15) is 10.2 Å². The summed E-state index contributed by atoms with van der Waals surface area (Å²) >= 11 is 0. The van der Waals surface area contributed by atoms with Crippen LogP contribution in [0.3, 0.4) is 0 Å². The Kier molecular flexibility index (Phi) is 5.29. The summed E-state index contributed by atoms with van der Waals surface area (Å²) < 4.78 is 9.03. The van der Waals surface area contributed by atoms with E-state index in [-0.39, 0.29) is 11.8 Å². The van der Waals surface area contributed by atoms with E-state index in [4.69, 9.17) is 4.74 Å². The number of anilines is 1. The molecule has 162 valence electrons. The molecule has 1 unspecified atom stereocenters. The predicted molar refractivity (Wildman–Crippen MR) is 111 cm³/mol. The van der Waals surface area contributed by atoms with Crippen molar-refractivity contribution >= 4 is 17.8 Å². The molecule has 1 aliphatic heterocycles. The zero-order valence-electron chi connectivity index (χ0n) is 18.1. The van der Waals surface area contributed by atoms with Gasteiger partial charge in [0, 0.05) is 37.8 Å². The van der Waals surface area contributed by atoms with Gasteiger partial charge in [-0.3, -0.25) is 14.2 Å². The number of ether oxygens (including phenoxy) is 1. The molecule has 4 rings (SSSR count). The molecular formula is C21H30N6O3. The summed E-state index contributed by atoms with van der Waals surface area (Å²) in [6.07, 6.45) is 5.13. The Balaban J connectivity index is 1.38. The monoisotopic (exact) mass is 414 g/mol. The molecule has 2 amide bonds. The summed E-state index contributed by atoms with van der Waals surface area (Å²) in [4.78, 5) is 24.8. The Hall–Kier alpha value is -2.84. The molecule has 1 atom stereocenters. The highest BCUT2D eigenvalue weighted by atomic mass is 16.6. The molecule has 0 spiro atoms. The first kappa shape index (κ1) is 20.4. The quantitative estimate of drug-likeness (QED) is 0.783. The molecule has 2 aromatic heterocycles. The molecule has 2 aromatic rings. The minimum Gasteiger partial charge on any atom is -0.444 e. The molecule has 9 heteroatoms. The van der Waals surface area contributed by atoms with Crippen LogP contribution >= 0.6 is 0 Å². The van der Waals surface area contributed by atoms with Crippen molar-refractivity contribution in [3.8, 4) is 0 Å². The molecule has 0 radical (unpaired) electrons. The highest BCUT2D eigenvalue weighted by Gasteiger charge is 2.29. The third-order valence-electron chi connectivity index (χ3n) is 5.51. The van der Waals surface area contributed by atoms with Crippen molar-refractivity contribution in [3.05, 3.63) is 29.2 Å². The van der Waals surface area contributed by atoms with Gasteiger partial charge in [0.15, 0.2) is 5.82 Å². The van der Waals surface area contributed by atoms with Gasteiger partial charge in [-0.1, -0.05) is 0 Å². The number of carbonyl (C=O) groups is 2. The molecule has 2 N–H and O–H groups in total. The van der Waals surface area contributed by atoms with Crippen molar-refractivity contribution in [3.63, 3.8) is 0 Å². The van der Waals surface area contributed by atoms with Crippen molar-refractivity contribution in [2.45, 2.75) is 64.5 Å². The first-order valence-electron chi connectivity index (χ1n) is 10.6. The lowest BCUT2D eigenvalue weighted by molar-refractivity contribution is 0.0516. The fraction of sp³-hybridized carbons (Fsp3) is 0.619. The van der Waals surface area contributed by atoms with Crippen molar-refractivity contribution in [1.29, 1.82) is 0 Å². The second-order valence-corrected chi connectivity index (χ2v) is 9.28. The van der Waals surface area contributed by atoms with Gasteiger partial charge in [-0.25, -0.2) is 4.79 Å². The second kappa shape index (κ2) is 7.77. The summed E-state index contributed by atoms with van der Waals surface area (Å²) in [6, 6.07) is 1.96. The number of rotatable bonds is 5. The van der Waals surface area contributed by atoms with Gasteiger partial charge in [-0.05, 0) is 52.4 Å². The third kappa shape index (κ3) is 4.66. The topological polar surface area (TPSA) is 103 Å². The van der Waals surface area contributed by atoms with Crippen LogP contribution in [0.2, 0.25) is 0 Å². The lowest BCUT2D eigenvalue weighted by Crippen LogP contribution is -2.37. The number of amides is 2. The van der Waals surface area contributed by atoms with Crippen molar-refractivity contribution in [2.75, 3.05) is 11.9 Å². The van der Waals surface area contributed by atoms with Gasteiger partial charge >= 0.3 is 6.09 Å². The van der Waals surface area contributed by atoms with E-state index in [2.05, 4.69) is 20.8 Å². The van der Waals surface area contributed by atoms with E-state index < -0.39 is 11.7 Å². The van der Waals surface area contributed by atoms with E-state index in [9.17, 15) is 9.59 Å². The number of aromatic nitrogens is 4. The lowest BCUT2D eigenvalue weighted by Gasteiger charge is -2.25. The van der Waals surface area contributed by atoms with Gasteiger partial charge in [0.2, 0.25) is 0 Å². The van der Waals surface area contributed by atoms with Crippen LogP contribution in [0.5, 0.6) is 0 Å². The number of nitrogens with one attached hydrogen (secondary N) is 2. The number of hydrogen-bond donors (Lipinski definition) is 2. The Morgan fingerprint density at radius 1 is 1.27 bits per heavy atom. The predicted octanol–water partition coefficient (Wildman–Crippen LogP) is 2.83. The van der Waals surface area contributed by atoms with Crippen LogP contribution in [0.15, 0.2) is 12.3 Å². The van der Waals surface area contributed by atoms with Gasteiger partial charge in [0.05, 0.1) is 17.5 Å². The minimum atomic E-state index is -0.522. The first-order chi connectivity index (χ1) is 14.2. The Bertz CT molecular complexity index is 951. The molecule has 0 bridgehead atoms. The van der Waals surface area contributed by atoms with E-state index in [0.717, 1.165) is 24.4 Å². The Labute approximate surface area is 176 Å². The molecule has 1 aliphatic carbocycles. The van der Waals surface area contributed by atoms with Gasteiger partial charge in [0.25, 0.3) is 5.91 Å². The van der Waals surface area contributed by atoms with Gasteiger partial charge in [-0.15, -0.1) is 0 Å².